The summed E-state index contributed by atoms with van der Waals surface area (Å²) in [6, 6.07) is 8.73. The number of aliphatic imine (C=N–C) groups is 2. The van der Waals surface area contributed by atoms with E-state index in [0.717, 1.165) is 5.56 Å². The van der Waals surface area contributed by atoms with Gasteiger partial charge in [0.2, 0.25) is 5.91 Å². The molecule has 1 aromatic carbocycles. The third kappa shape index (κ3) is 4.84. The molecule has 0 radical (unpaired) electrons. The minimum absolute atomic E-state index is 0.0658. The quantitative estimate of drug-likeness (QED) is 0.399. The summed E-state index contributed by atoms with van der Waals surface area (Å²) in [7, 11) is 1.65. The Balaban J connectivity index is 1.53. The van der Waals surface area contributed by atoms with Crippen LogP contribution in [0.5, 0.6) is 0 Å². The second kappa shape index (κ2) is 9.51. The van der Waals surface area contributed by atoms with Crippen LogP contribution in [0.1, 0.15) is 25.3 Å². The van der Waals surface area contributed by atoms with Crippen LogP contribution in [0.4, 0.5) is 0 Å². The standard InChI is InChI=1S/C21H27N5O4/c1-3-30-21(29)16-14-9-10-15(20(28)26(2)17(14)16)25-19(27)18(22)24-12-23-11-13-7-5-4-6-8-13/h4-8,12,14-17H,3,9-11H2,1-2H3,(H,25,27)(H2,22,23,24)/t14-,15+,16+,17-/m1/s1. The van der Waals surface area contributed by atoms with E-state index in [2.05, 4.69) is 15.3 Å². The van der Waals surface area contributed by atoms with Crippen LogP contribution in [0.15, 0.2) is 40.3 Å². The lowest BCUT2D eigenvalue weighted by molar-refractivity contribution is -0.146. The van der Waals surface area contributed by atoms with Gasteiger partial charge in [-0.05, 0) is 31.2 Å². The van der Waals surface area contributed by atoms with Gasteiger partial charge in [0, 0.05) is 13.1 Å². The van der Waals surface area contributed by atoms with Gasteiger partial charge in [-0.1, -0.05) is 30.3 Å². The third-order valence-electron chi connectivity index (χ3n) is 5.50. The van der Waals surface area contributed by atoms with Gasteiger partial charge in [-0.2, -0.15) is 0 Å². The first-order chi connectivity index (χ1) is 14.4. The molecule has 30 heavy (non-hydrogen) atoms. The maximum Gasteiger partial charge on any atom is 0.311 e. The number of esters is 1. The molecule has 9 heteroatoms. The van der Waals surface area contributed by atoms with Gasteiger partial charge in [0.25, 0.3) is 5.91 Å². The van der Waals surface area contributed by atoms with E-state index in [4.69, 9.17) is 10.5 Å². The Hall–Kier alpha value is -3.23. The van der Waals surface area contributed by atoms with Crippen LogP contribution in [-0.2, 0) is 25.7 Å². The fourth-order valence-corrected chi connectivity index (χ4v) is 3.92. The second-order valence-electron chi connectivity index (χ2n) is 7.44. The Morgan fingerprint density at radius 1 is 1.30 bits per heavy atom. The Morgan fingerprint density at radius 3 is 2.73 bits per heavy atom. The lowest BCUT2D eigenvalue weighted by Crippen LogP contribution is -2.50. The third-order valence-corrected chi connectivity index (χ3v) is 5.50. The topological polar surface area (TPSA) is 126 Å². The highest BCUT2D eigenvalue weighted by Crippen LogP contribution is 2.48. The van der Waals surface area contributed by atoms with Crippen LogP contribution >= 0.6 is 0 Å². The Kier molecular flexibility index (Phi) is 6.81. The molecule has 4 atom stereocenters. The second-order valence-corrected chi connectivity index (χ2v) is 7.44. The van der Waals surface area contributed by atoms with Crippen LogP contribution in [0.25, 0.3) is 0 Å². The zero-order valence-electron chi connectivity index (χ0n) is 17.2. The van der Waals surface area contributed by atoms with Gasteiger partial charge in [0.1, 0.15) is 12.4 Å². The van der Waals surface area contributed by atoms with Gasteiger partial charge in [0.15, 0.2) is 5.84 Å². The highest BCUT2D eigenvalue weighted by atomic mass is 16.5. The highest BCUT2D eigenvalue weighted by molar-refractivity contribution is 6.38. The van der Waals surface area contributed by atoms with Crippen molar-refractivity contribution in [3.05, 3.63) is 35.9 Å². The van der Waals surface area contributed by atoms with E-state index in [9.17, 15) is 14.4 Å². The van der Waals surface area contributed by atoms with Gasteiger partial charge in [-0.3, -0.25) is 19.4 Å². The highest BCUT2D eigenvalue weighted by Gasteiger charge is 2.60. The van der Waals surface area contributed by atoms with Gasteiger partial charge < -0.3 is 20.7 Å². The van der Waals surface area contributed by atoms with E-state index >= 15 is 0 Å². The molecular formula is C21H27N5O4. The first-order valence-electron chi connectivity index (χ1n) is 10.0. The molecule has 3 N–H and O–H groups in total. The number of carbonyl (C=O) groups is 3. The van der Waals surface area contributed by atoms with Crippen LogP contribution in [-0.4, -0.2) is 60.6 Å². The Bertz CT molecular complexity index is 854. The number of likely N-dealkylation sites (N-methyl/N-ethyl adjacent to an activating group) is 1. The summed E-state index contributed by atoms with van der Waals surface area (Å²) in [5, 5.41) is 2.64. The summed E-state index contributed by atoms with van der Waals surface area (Å²) in [6.07, 6.45) is 2.31. The molecule has 1 aromatic rings. The minimum atomic E-state index is -0.701. The van der Waals surface area contributed by atoms with Crippen LogP contribution in [0.2, 0.25) is 0 Å². The van der Waals surface area contributed by atoms with Crippen molar-refractivity contribution < 1.29 is 19.1 Å². The summed E-state index contributed by atoms with van der Waals surface area (Å²) in [5.41, 5.74) is 6.74. The number of amidine groups is 1. The van der Waals surface area contributed by atoms with Crippen molar-refractivity contribution in [1.29, 1.82) is 0 Å². The maximum absolute atomic E-state index is 12.7. The number of amides is 2. The number of hydrogen-bond acceptors (Lipinski definition) is 5. The lowest BCUT2D eigenvalue weighted by Gasteiger charge is -2.23. The molecule has 2 fully saturated rings. The average Bonchev–Trinajstić information content (AvgIpc) is 3.49. The van der Waals surface area contributed by atoms with Crippen LogP contribution < -0.4 is 11.1 Å². The number of nitrogens with zero attached hydrogens (tertiary/aromatic N) is 3. The zero-order chi connectivity index (χ0) is 21.7. The molecule has 0 spiro atoms. The van der Waals surface area contributed by atoms with E-state index in [0.29, 0.717) is 26.0 Å². The number of fused-ring (bicyclic) bond motifs is 1. The van der Waals surface area contributed by atoms with E-state index in [-0.39, 0.29) is 35.6 Å². The molecule has 1 aliphatic carbocycles. The summed E-state index contributed by atoms with van der Waals surface area (Å²) in [6.45, 7) is 2.50. The number of hydrogen-bond donors (Lipinski definition) is 2. The number of benzene rings is 1. The van der Waals surface area contributed by atoms with Crippen molar-refractivity contribution in [3.8, 4) is 0 Å². The zero-order valence-corrected chi connectivity index (χ0v) is 17.2. The van der Waals surface area contributed by atoms with Crippen molar-refractivity contribution in [2.45, 2.75) is 38.4 Å². The van der Waals surface area contributed by atoms with Crippen molar-refractivity contribution in [2.24, 2.45) is 27.6 Å². The van der Waals surface area contributed by atoms with Crippen molar-refractivity contribution in [3.63, 3.8) is 0 Å². The Labute approximate surface area is 175 Å². The average molecular weight is 413 g/mol. The van der Waals surface area contributed by atoms with Gasteiger partial charge in [0.05, 0.1) is 19.1 Å². The van der Waals surface area contributed by atoms with Crippen molar-refractivity contribution in [2.75, 3.05) is 13.7 Å². The molecule has 1 saturated carbocycles. The molecule has 1 heterocycles. The van der Waals surface area contributed by atoms with E-state index < -0.39 is 11.9 Å². The van der Waals surface area contributed by atoms with E-state index in [1.54, 1.807) is 18.9 Å². The summed E-state index contributed by atoms with van der Waals surface area (Å²) >= 11 is 0. The fraction of sp³-hybridized carbons (Fsp3) is 0.476. The summed E-state index contributed by atoms with van der Waals surface area (Å²) in [4.78, 5) is 46.6. The molecule has 160 valence electrons. The number of rotatable bonds is 6. The molecule has 2 aliphatic rings. The first-order valence-corrected chi connectivity index (χ1v) is 10.0. The largest absolute Gasteiger partial charge is 0.466 e. The fourth-order valence-electron chi connectivity index (χ4n) is 3.92. The molecule has 9 nitrogen and oxygen atoms in total. The molecule has 0 unspecified atom stereocenters. The smallest absolute Gasteiger partial charge is 0.311 e. The van der Waals surface area contributed by atoms with Crippen molar-refractivity contribution >= 4 is 30.0 Å². The monoisotopic (exact) mass is 413 g/mol. The molecule has 0 bridgehead atoms. The molecule has 1 aliphatic heterocycles. The maximum atomic E-state index is 12.7. The van der Waals surface area contributed by atoms with E-state index in [1.807, 2.05) is 30.3 Å². The van der Waals surface area contributed by atoms with Gasteiger partial charge in [-0.25, -0.2) is 4.99 Å². The number of carbonyl (C=O) groups excluding carboxylic acids is 3. The summed E-state index contributed by atoms with van der Waals surface area (Å²) < 4.78 is 5.09. The summed E-state index contributed by atoms with van der Waals surface area (Å²) in [5.74, 6) is -1.60. The SMILES string of the molecule is CCOC(=O)[C@H]1[C@H]2CC[C@H](NC(=O)C(N)=NC=NCc3ccccc3)C(=O)N(C)[C@H]21. The molecule has 3 rings (SSSR count). The predicted molar refractivity (Wildman–Crippen MR) is 112 cm³/mol. The Morgan fingerprint density at radius 2 is 2.03 bits per heavy atom. The molecule has 1 saturated heterocycles. The molecule has 2 amide bonds. The van der Waals surface area contributed by atoms with E-state index in [1.165, 1.54) is 6.34 Å². The van der Waals surface area contributed by atoms with Crippen LogP contribution in [0, 0.1) is 11.8 Å². The normalized spacial score (nSPS) is 26.1. The van der Waals surface area contributed by atoms with Crippen molar-refractivity contribution in [1.82, 2.24) is 10.2 Å². The number of ether oxygens (including phenoxy) is 1. The lowest BCUT2D eigenvalue weighted by atomic mass is 10.1. The van der Waals surface area contributed by atoms with Crippen LogP contribution in [0.3, 0.4) is 0 Å². The first kappa shape index (κ1) is 21.5. The predicted octanol–water partition coefficient (Wildman–Crippen LogP) is 0.487. The number of nitrogens with two attached hydrogens (primary N) is 1. The molecular weight excluding hydrogens is 386 g/mol. The number of nitrogens with one attached hydrogen (secondary N) is 1. The molecule has 0 aromatic heterocycles. The van der Waals surface area contributed by atoms with Gasteiger partial charge >= 0.3 is 5.97 Å². The van der Waals surface area contributed by atoms with Gasteiger partial charge in [-0.15, -0.1) is 0 Å². The number of likely N-dealkylation sites (tertiary alicyclic amines) is 1. The minimum Gasteiger partial charge on any atom is -0.466 e.